The van der Waals surface area contributed by atoms with E-state index in [1.807, 2.05) is 0 Å². The molecule has 0 spiro atoms. The van der Waals surface area contributed by atoms with E-state index in [0.717, 1.165) is 25.9 Å². The van der Waals surface area contributed by atoms with Gasteiger partial charge in [0.1, 0.15) is 11.9 Å². The Bertz CT molecular complexity index is 781. The van der Waals surface area contributed by atoms with Crippen molar-refractivity contribution in [1.82, 2.24) is 25.2 Å². The van der Waals surface area contributed by atoms with Crippen LogP contribution in [0, 0.1) is 5.82 Å². The maximum absolute atomic E-state index is 14.0. The number of carbonyl (C=O) groups excluding carboxylic acids is 1. The summed E-state index contributed by atoms with van der Waals surface area (Å²) in [6, 6.07) is 6.79. The molecule has 3 heterocycles. The van der Waals surface area contributed by atoms with Crippen molar-refractivity contribution in [2.45, 2.75) is 25.0 Å². The molecular weight excluding hydrogens is 373 g/mol. The average Bonchev–Trinajstić information content (AvgIpc) is 3.19. The van der Waals surface area contributed by atoms with Gasteiger partial charge in [0.05, 0.1) is 25.4 Å². The lowest BCUT2D eigenvalue weighted by Crippen LogP contribution is -2.42. The van der Waals surface area contributed by atoms with Gasteiger partial charge in [-0.05, 0) is 32.0 Å². The summed E-state index contributed by atoms with van der Waals surface area (Å²) >= 11 is 0. The van der Waals surface area contributed by atoms with Crippen LogP contribution in [0.1, 0.15) is 41.0 Å². The third-order valence-electron chi connectivity index (χ3n) is 5.02. The van der Waals surface area contributed by atoms with Crippen LogP contribution in [0.15, 0.2) is 30.5 Å². The summed E-state index contributed by atoms with van der Waals surface area (Å²) in [7, 11) is 0. The van der Waals surface area contributed by atoms with Gasteiger partial charge in [-0.15, -0.1) is 17.5 Å². The number of hydrogen-bond donors (Lipinski definition) is 1. The van der Waals surface area contributed by atoms with E-state index in [4.69, 9.17) is 4.74 Å². The number of halogens is 2. The third kappa shape index (κ3) is 4.28. The average molecular weight is 396 g/mol. The van der Waals surface area contributed by atoms with E-state index in [1.54, 1.807) is 34.0 Å². The van der Waals surface area contributed by atoms with E-state index in [-0.39, 0.29) is 30.2 Å². The molecule has 0 bridgehead atoms. The molecule has 2 aromatic rings. The van der Waals surface area contributed by atoms with Crippen LogP contribution >= 0.6 is 12.4 Å². The van der Waals surface area contributed by atoms with Gasteiger partial charge in [0.15, 0.2) is 5.69 Å². The fourth-order valence-corrected chi connectivity index (χ4v) is 3.54. The van der Waals surface area contributed by atoms with Gasteiger partial charge in [0, 0.05) is 12.1 Å². The first kappa shape index (κ1) is 19.7. The Morgan fingerprint density at radius 1 is 1.26 bits per heavy atom. The van der Waals surface area contributed by atoms with Gasteiger partial charge in [-0.3, -0.25) is 4.79 Å². The number of piperidine rings is 1. The minimum Gasteiger partial charge on any atom is -0.370 e. The highest BCUT2D eigenvalue weighted by atomic mass is 35.5. The standard InChI is InChI=1S/C18H22FN5O2.ClH/c19-15-4-2-1-3-14(15)17-12-23(9-10-26-17)18(25)16-11-24(22-21-16)13-5-7-20-8-6-13;/h1-4,11,13,17,20H,5-10,12H2;1H. The van der Waals surface area contributed by atoms with E-state index in [0.29, 0.717) is 31.0 Å². The van der Waals surface area contributed by atoms with Crippen LogP contribution in [-0.4, -0.2) is 58.6 Å². The number of amides is 1. The van der Waals surface area contributed by atoms with Gasteiger partial charge >= 0.3 is 0 Å². The highest BCUT2D eigenvalue weighted by Gasteiger charge is 2.29. The second-order valence-electron chi connectivity index (χ2n) is 6.70. The second-order valence-corrected chi connectivity index (χ2v) is 6.70. The van der Waals surface area contributed by atoms with Crippen LogP contribution in [0.2, 0.25) is 0 Å². The molecule has 1 aromatic heterocycles. The molecule has 7 nitrogen and oxygen atoms in total. The number of hydrogen-bond acceptors (Lipinski definition) is 5. The Kier molecular flexibility index (Phi) is 6.41. The number of aromatic nitrogens is 3. The van der Waals surface area contributed by atoms with Gasteiger partial charge in [-0.2, -0.15) is 0 Å². The summed E-state index contributed by atoms with van der Waals surface area (Å²) in [5, 5.41) is 11.5. The Morgan fingerprint density at radius 2 is 2.04 bits per heavy atom. The number of nitrogens with zero attached hydrogens (tertiary/aromatic N) is 4. The zero-order chi connectivity index (χ0) is 17.9. The predicted molar refractivity (Wildman–Crippen MR) is 99.4 cm³/mol. The number of carbonyl (C=O) groups is 1. The molecule has 2 fully saturated rings. The van der Waals surface area contributed by atoms with Crippen molar-refractivity contribution in [1.29, 1.82) is 0 Å². The van der Waals surface area contributed by atoms with Crippen molar-refractivity contribution in [3.8, 4) is 0 Å². The van der Waals surface area contributed by atoms with Gasteiger partial charge in [0.2, 0.25) is 0 Å². The quantitative estimate of drug-likeness (QED) is 0.860. The second kappa shape index (κ2) is 8.77. The molecule has 1 N–H and O–H groups in total. The first-order valence-electron chi connectivity index (χ1n) is 9.00. The molecule has 0 saturated carbocycles. The van der Waals surface area contributed by atoms with Crippen LogP contribution in [0.3, 0.4) is 0 Å². The first-order valence-corrected chi connectivity index (χ1v) is 9.00. The van der Waals surface area contributed by atoms with E-state index in [2.05, 4.69) is 15.6 Å². The minimum absolute atomic E-state index is 0. The molecule has 27 heavy (non-hydrogen) atoms. The molecule has 4 rings (SSSR count). The third-order valence-corrected chi connectivity index (χ3v) is 5.02. The van der Waals surface area contributed by atoms with E-state index < -0.39 is 6.10 Å². The Balaban J connectivity index is 0.00000210. The summed E-state index contributed by atoms with van der Waals surface area (Å²) < 4.78 is 21.5. The van der Waals surface area contributed by atoms with Crippen molar-refractivity contribution in [2.75, 3.05) is 32.8 Å². The fraction of sp³-hybridized carbons (Fsp3) is 0.500. The van der Waals surface area contributed by atoms with E-state index in [9.17, 15) is 9.18 Å². The van der Waals surface area contributed by atoms with Gasteiger partial charge in [-0.25, -0.2) is 9.07 Å². The van der Waals surface area contributed by atoms with Crippen LogP contribution in [0.4, 0.5) is 4.39 Å². The molecule has 146 valence electrons. The normalized spacial score (nSPS) is 20.9. The van der Waals surface area contributed by atoms with E-state index in [1.165, 1.54) is 6.07 Å². The molecule has 1 unspecified atom stereocenters. The van der Waals surface area contributed by atoms with Crippen LogP contribution in [0.5, 0.6) is 0 Å². The maximum atomic E-state index is 14.0. The fourth-order valence-electron chi connectivity index (χ4n) is 3.54. The molecule has 1 aromatic carbocycles. The highest BCUT2D eigenvalue weighted by Crippen LogP contribution is 2.25. The Morgan fingerprint density at radius 3 is 2.81 bits per heavy atom. The first-order chi connectivity index (χ1) is 12.7. The number of morpholine rings is 1. The lowest BCUT2D eigenvalue weighted by Gasteiger charge is -2.32. The zero-order valence-corrected chi connectivity index (χ0v) is 15.7. The van der Waals surface area contributed by atoms with Crippen molar-refractivity contribution in [3.05, 3.63) is 47.5 Å². The van der Waals surface area contributed by atoms with Crippen molar-refractivity contribution in [2.24, 2.45) is 0 Å². The topological polar surface area (TPSA) is 72.3 Å². The monoisotopic (exact) mass is 395 g/mol. The number of ether oxygens (including phenoxy) is 1. The molecule has 0 radical (unpaired) electrons. The molecule has 2 aliphatic rings. The summed E-state index contributed by atoms with van der Waals surface area (Å²) in [6.07, 6.45) is 3.22. The molecular formula is C18H23ClFN5O2. The molecule has 0 aliphatic carbocycles. The zero-order valence-electron chi connectivity index (χ0n) is 14.9. The summed E-state index contributed by atoms with van der Waals surface area (Å²) in [5.74, 6) is -0.501. The summed E-state index contributed by atoms with van der Waals surface area (Å²) in [4.78, 5) is 14.5. The smallest absolute Gasteiger partial charge is 0.276 e. The molecule has 9 heteroatoms. The lowest BCUT2D eigenvalue weighted by atomic mass is 10.1. The molecule has 1 amide bonds. The van der Waals surface area contributed by atoms with Crippen LogP contribution in [0.25, 0.3) is 0 Å². The van der Waals surface area contributed by atoms with Gasteiger partial charge < -0.3 is 15.0 Å². The molecule has 2 aliphatic heterocycles. The van der Waals surface area contributed by atoms with Crippen LogP contribution in [-0.2, 0) is 4.74 Å². The predicted octanol–water partition coefficient (Wildman–Crippen LogP) is 1.98. The number of benzene rings is 1. The van der Waals surface area contributed by atoms with Crippen molar-refractivity contribution >= 4 is 18.3 Å². The molecule has 2 saturated heterocycles. The molecule has 1 atom stereocenters. The van der Waals surface area contributed by atoms with Crippen molar-refractivity contribution in [3.63, 3.8) is 0 Å². The SMILES string of the molecule is Cl.O=C(c1cn(C2CCNCC2)nn1)N1CCOC(c2ccccc2F)C1. The minimum atomic E-state index is -0.464. The Labute approximate surface area is 163 Å². The highest BCUT2D eigenvalue weighted by molar-refractivity contribution is 5.92. The number of rotatable bonds is 3. The summed E-state index contributed by atoms with van der Waals surface area (Å²) in [6.45, 7) is 3.03. The van der Waals surface area contributed by atoms with E-state index >= 15 is 0 Å². The summed E-state index contributed by atoms with van der Waals surface area (Å²) in [5.41, 5.74) is 0.807. The largest absolute Gasteiger partial charge is 0.370 e. The van der Waals surface area contributed by atoms with Crippen molar-refractivity contribution < 1.29 is 13.9 Å². The maximum Gasteiger partial charge on any atom is 0.276 e. The van der Waals surface area contributed by atoms with Gasteiger partial charge in [-0.1, -0.05) is 23.4 Å². The Hall–Kier alpha value is -2.03. The van der Waals surface area contributed by atoms with Gasteiger partial charge in [0.25, 0.3) is 5.91 Å². The number of nitrogens with one attached hydrogen (secondary N) is 1. The van der Waals surface area contributed by atoms with Crippen LogP contribution < -0.4 is 5.32 Å². The lowest BCUT2D eigenvalue weighted by molar-refractivity contribution is -0.0245.